The van der Waals surface area contributed by atoms with Crippen molar-refractivity contribution in [3.8, 4) is 11.1 Å². The van der Waals surface area contributed by atoms with Gasteiger partial charge in [-0.05, 0) is 57.5 Å². The molecule has 30 heavy (non-hydrogen) atoms. The summed E-state index contributed by atoms with van der Waals surface area (Å²) in [6.07, 6.45) is 4.17. The Hall–Kier alpha value is -2.76. The molecular weight excluding hydrogens is 381 g/mol. The Morgan fingerprint density at radius 3 is 2.23 bits per heavy atom. The number of fused-ring (bicyclic) bond motifs is 2. The van der Waals surface area contributed by atoms with Crippen LogP contribution in [0.5, 0.6) is 0 Å². The highest BCUT2D eigenvalue weighted by Crippen LogP contribution is 2.37. The van der Waals surface area contributed by atoms with E-state index in [2.05, 4.69) is 6.92 Å². The summed E-state index contributed by atoms with van der Waals surface area (Å²) < 4.78 is 28.4. The zero-order valence-electron chi connectivity index (χ0n) is 16.8. The lowest BCUT2D eigenvalue weighted by Crippen LogP contribution is -2.31. The van der Waals surface area contributed by atoms with Crippen LogP contribution in [0.3, 0.4) is 0 Å². The van der Waals surface area contributed by atoms with E-state index in [-0.39, 0.29) is 5.56 Å². The lowest BCUT2D eigenvalue weighted by molar-refractivity contribution is 0.426. The molecule has 0 aliphatic carbocycles. The van der Waals surface area contributed by atoms with Gasteiger partial charge in [0.15, 0.2) is 0 Å². The van der Waals surface area contributed by atoms with E-state index in [1.165, 1.54) is 12.1 Å². The fourth-order valence-electron chi connectivity index (χ4n) is 4.25. The Balaban J connectivity index is 2.08. The van der Waals surface area contributed by atoms with Crippen LogP contribution in [0.2, 0.25) is 0 Å². The summed E-state index contributed by atoms with van der Waals surface area (Å²) in [5.41, 5.74) is 2.42. The normalized spacial score (nSPS) is 11.4. The van der Waals surface area contributed by atoms with Gasteiger partial charge in [0, 0.05) is 17.2 Å². The second kappa shape index (κ2) is 8.54. The highest BCUT2D eigenvalue weighted by Gasteiger charge is 2.23. The molecule has 4 aromatic carbocycles. The molecule has 0 bridgehead atoms. The molecule has 2 N–H and O–H groups in total. The summed E-state index contributed by atoms with van der Waals surface area (Å²) in [6.45, 7) is 2.15. The Labute approximate surface area is 174 Å². The van der Waals surface area contributed by atoms with Crippen molar-refractivity contribution < 1.29 is 18.8 Å². The van der Waals surface area contributed by atoms with Crippen molar-refractivity contribution in [2.75, 3.05) is 0 Å². The van der Waals surface area contributed by atoms with Gasteiger partial charge >= 0.3 is 7.12 Å². The van der Waals surface area contributed by atoms with Crippen molar-refractivity contribution in [1.29, 1.82) is 0 Å². The van der Waals surface area contributed by atoms with Crippen LogP contribution in [0.25, 0.3) is 32.7 Å². The summed E-state index contributed by atoms with van der Waals surface area (Å²) >= 11 is 0. The van der Waals surface area contributed by atoms with Crippen LogP contribution in [0.4, 0.5) is 8.78 Å². The summed E-state index contributed by atoms with van der Waals surface area (Å²) in [5.74, 6) is -1.28. The Morgan fingerprint density at radius 1 is 0.800 bits per heavy atom. The van der Waals surface area contributed by atoms with Gasteiger partial charge in [-0.3, -0.25) is 0 Å². The van der Waals surface area contributed by atoms with E-state index in [0.717, 1.165) is 37.3 Å². The SMILES string of the molecule is CCCCCc1ccc2c(-c3ccc(F)cc3F)c3ccccc3c(B(O)O)c2c1. The van der Waals surface area contributed by atoms with Gasteiger partial charge < -0.3 is 10.0 Å². The minimum Gasteiger partial charge on any atom is -0.423 e. The van der Waals surface area contributed by atoms with Gasteiger partial charge in [-0.25, -0.2) is 8.78 Å². The van der Waals surface area contributed by atoms with Gasteiger partial charge in [0.1, 0.15) is 11.6 Å². The van der Waals surface area contributed by atoms with E-state index in [4.69, 9.17) is 0 Å². The van der Waals surface area contributed by atoms with E-state index < -0.39 is 18.8 Å². The zero-order chi connectivity index (χ0) is 21.3. The highest BCUT2D eigenvalue weighted by atomic mass is 19.1. The molecule has 0 heterocycles. The average molecular weight is 404 g/mol. The van der Waals surface area contributed by atoms with Gasteiger partial charge in [0.05, 0.1) is 0 Å². The first-order valence-corrected chi connectivity index (χ1v) is 10.3. The average Bonchev–Trinajstić information content (AvgIpc) is 2.72. The van der Waals surface area contributed by atoms with Crippen molar-refractivity contribution in [2.24, 2.45) is 0 Å². The van der Waals surface area contributed by atoms with Crippen LogP contribution in [0, 0.1) is 11.6 Å². The Kier molecular flexibility index (Phi) is 5.84. The summed E-state index contributed by atoms with van der Waals surface area (Å²) in [6, 6.07) is 16.7. The molecule has 0 spiro atoms. The molecule has 0 saturated heterocycles. The molecule has 0 unspecified atom stereocenters. The quantitative estimate of drug-likeness (QED) is 0.258. The molecule has 4 aromatic rings. The molecule has 0 aliphatic rings. The Morgan fingerprint density at radius 2 is 1.53 bits per heavy atom. The summed E-state index contributed by atoms with van der Waals surface area (Å²) in [4.78, 5) is 0. The number of benzene rings is 4. The first-order chi connectivity index (χ1) is 14.5. The molecule has 0 aromatic heterocycles. The third kappa shape index (κ3) is 3.71. The molecule has 0 amide bonds. The number of halogens is 2. The van der Waals surface area contributed by atoms with E-state index >= 15 is 0 Å². The maximum absolute atomic E-state index is 14.8. The van der Waals surface area contributed by atoms with E-state index in [9.17, 15) is 18.8 Å². The molecule has 4 rings (SSSR count). The van der Waals surface area contributed by atoms with Gasteiger partial charge in [-0.1, -0.05) is 62.2 Å². The molecule has 152 valence electrons. The lowest BCUT2D eigenvalue weighted by Gasteiger charge is -2.18. The van der Waals surface area contributed by atoms with Crippen molar-refractivity contribution in [1.82, 2.24) is 0 Å². The maximum Gasteiger partial charge on any atom is 0.489 e. The van der Waals surface area contributed by atoms with Crippen LogP contribution in [-0.2, 0) is 6.42 Å². The predicted octanol–water partition coefficient (Wildman–Crippen LogP) is 5.35. The highest BCUT2D eigenvalue weighted by molar-refractivity contribution is 6.66. The molecule has 5 heteroatoms. The minimum atomic E-state index is -1.67. The van der Waals surface area contributed by atoms with E-state index in [1.54, 1.807) is 6.07 Å². The second-order valence-corrected chi connectivity index (χ2v) is 7.67. The molecule has 2 nitrogen and oxygen atoms in total. The summed E-state index contributed by atoms with van der Waals surface area (Å²) in [5, 5.41) is 23.1. The van der Waals surface area contributed by atoms with Crippen LogP contribution < -0.4 is 5.46 Å². The van der Waals surface area contributed by atoms with Crippen LogP contribution >= 0.6 is 0 Å². The predicted molar refractivity (Wildman–Crippen MR) is 120 cm³/mol. The maximum atomic E-state index is 14.8. The lowest BCUT2D eigenvalue weighted by atomic mass is 9.72. The van der Waals surface area contributed by atoms with Crippen molar-refractivity contribution in [3.05, 3.63) is 77.9 Å². The second-order valence-electron chi connectivity index (χ2n) is 7.67. The molecule has 0 aliphatic heterocycles. The third-order valence-corrected chi connectivity index (χ3v) is 5.66. The molecule has 0 saturated carbocycles. The fourth-order valence-corrected chi connectivity index (χ4v) is 4.25. The molecule has 0 fully saturated rings. The third-order valence-electron chi connectivity index (χ3n) is 5.66. The molecule has 0 atom stereocenters. The van der Waals surface area contributed by atoms with Crippen molar-refractivity contribution in [3.63, 3.8) is 0 Å². The number of unbranched alkanes of at least 4 members (excludes halogenated alkanes) is 2. The zero-order valence-corrected chi connectivity index (χ0v) is 16.8. The van der Waals surface area contributed by atoms with E-state index in [0.29, 0.717) is 32.6 Å². The first kappa shape index (κ1) is 20.5. The smallest absolute Gasteiger partial charge is 0.423 e. The fraction of sp³-hybridized carbons (Fsp3) is 0.200. The molecule has 0 radical (unpaired) electrons. The van der Waals surface area contributed by atoms with E-state index in [1.807, 2.05) is 36.4 Å². The van der Waals surface area contributed by atoms with Gasteiger partial charge in [-0.2, -0.15) is 0 Å². The molecular formula is C25H23BF2O2. The first-order valence-electron chi connectivity index (χ1n) is 10.3. The largest absolute Gasteiger partial charge is 0.489 e. The van der Waals surface area contributed by atoms with Crippen LogP contribution in [0.1, 0.15) is 31.7 Å². The van der Waals surface area contributed by atoms with Gasteiger partial charge in [0.25, 0.3) is 0 Å². The van der Waals surface area contributed by atoms with Crippen molar-refractivity contribution in [2.45, 2.75) is 32.6 Å². The number of aryl methyl sites for hydroxylation is 1. The number of rotatable bonds is 6. The minimum absolute atomic E-state index is 0.287. The van der Waals surface area contributed by atoms with Gasteiger partial charge in [0.2, 0.25) is 0 Å². The van der Waals surface area contributed by atoms with Crippen LogP contribution in [0.15, 0.2) is 60.7 Å². The Bertz CT molecular complexity index is 1220. The van der Waals surface area contributed by atoms with Crippen molar-refractivity contribution >= 4 is 34.1 Å². The van der Waals surface area contributed by atoms with Crippen LogP contribution in [-0.4, -0.2) is 17.2 Å². The summed E-state index contributed by atoms with van der Waals surface area (Å²) in [7, 11) is -1.67. The number of hydrogen-bond donors (Lipinski definition) is 2. The van der Waals surface area contributed by atoms with Gasteiger partial charge in [-0.15, -0.1) is 0 Å². The monoisotopic (exact) mass is 404 g/mol. The standard InChI is InChI=1S/C25H23BF2O2/c1-2-3-4-7-16-10-12-19-22(14-16)25(26(29)30)20-9-6-5-8-18(20)24(19)21-13-11-17(27)15-23(21)28/h5-6,8-15,29-30H,2-4,7H2,1H3. The topological polar surface area (TPSA) is 40.5 Å². The number of hydrogen-bond acceptors (Lipinski definition) is 2.